The van der Waals surface area contributed by atoms with Crippen molar-refractivity contribution in [3.8, 4) is 0 Å². The maximum atomic E-state index is 5.93. The molecule has 0 unspecified atom stereocenters. The molecule has 0 saturated heterocycles. The van der Waals surface area contributed by atoms with E-state index in [1.165, 1.54) is 0 Å². The molecule has 2 heterocycles. The molecule has 18 heavy (non-hydrogen) atoms. The second kappa shape index (κ2) is 5.07. The van der Waals surface area contributed by atoms with Crippen molar-refractivity contribution in [1.82, 2.24) is 9.97 Å². The van der Waals surface area contributed by atoms with Crippen molar-refractivity contribution >= 4 is 28.9 Å². The van der Waals surface area contributed by atoms with Crippen LogP contribution < -0.4 is 22.7 Å². The number of rotatable bonds is 3. The molecule has 0 aliphatic carbocycles. The lowest BCUT2D eigenvalue weighted by Crippen LogP contribution is -2.13. The quantitative estimate of drug-likeness (QED) is 0.488. The number of hydrogen-bond donors (Lipinski definition) is 4. The van der Waals surface area contributed by atoms with Gasteiger partial charge in [-0.2, -0.15) is 0 Å². The van der Waals surface area contributed by atoms with Gasteiger partial charge in [0.15, 0.2) is 5.82 Å². The number of pyridine rings is 2. The van der Waals surface area contributed by atoms with Crippen molar-refractivity contribution in [2.24, 2.45) is 5.84 Å². The number of nitrogens with zero attached hydrogens (tertiary/aromatic N) is 2. The third-order valence-electron chi connectivity index (χ3n) is 2.46. The molecule has 7 heteroatoms. The van der Waals surface area contributed by atoms with Crippen molar-refractivity contribution < 1.29 is 0 Å². The molecule has 0 saturated carbocycles. The molecule has 0 amide bonds. The van der Waals surface area contributed by atoms with Crippen LogP contribution in [0, 0.1) is 0 Å². The van der Waals surface area contributed by atoms with E-state index in [1.54, 1.807) is 18.5 Å². The Kier molecular flexibility index (Phi) is 3.50. The van der Waals surface area contributed by atoms with Crippen LogP contribution in [0.3, 0.4) is 0 Å². The highest BCUT2D eigenvalue weighted by atomic mass is 35.5. The monoisotopic (exact) mass is 264 g/mol. The Morgan fingerprint density at radius 3 is 2.67 bits per heavy atom. The van der Waals surface area contributed by atoms with Gasteiger partial charge in [0.25, 0.3) is 0 Å². The summed E-state index contributed by atoms with van der Waals surface area (Å²) in [6.07, 6.45) is 3.85. The average Bonchev–Trinajstić information content (AvgIpc) is 2.33. The van der Waals surface area contributed by atoms with Crippen molar-refractivity contribution in [3.05, 3.63) is 40.7 Å². The number of hydrazine groups is 1. The molecule has 0 bridgehead atoms. The van der Waals surface area contributed by atoms with Gasteiger partial charge in [-0.15, -0.1) is 0 Å². The normalized spacial score (nSPS) is 10.3. The van der Waals surface area contributed by atoms with Crippen LogP contribution in [-0.4, -0.2) is 9.97 Å². The van der Waals surface area contributed by atoms with Crippen LogP contribution in [0.5, 0.6) is 0 Å². The second-order valence-corrected chi connectivity index (χ2v) is 4.24. The third-order valence-corrected chi connectivity index (χ3v) is 2.66. The van der Waals surface area contributed by atoms with Gasteiger partial charge in [0.1, 0.15) is 5.82 Å². The van der Waals surface area contributed by atoms with E-state index >= 15 is 0 Å². The molecule has 2 rings (SSSR count). The number of aromatic nitrogens is 2. The van der Waals surface area contributed by atoms with Crippen LogP contribution >= 0.6 is 11.6 Å². The zero-order valence-corrected chi connectivity index (χ0v) is 10.3. The summed E-state index contributed by atoms with van der Waals surface area (Å²) < 4.78 is 0. The van der Waals surface area contributed by atoms with E-state index in [4.69, 9.17) is 28.9 Å². The number of nitrogens with two attached hydrogens (primary N) is 3. The van der Waals surface area contributed by atoms with E-state index < -0.39 is 0 Å². The first-order valence-corrected chi connectivity index (χ1v) is 5.59. The van der Waals surface area contributed by atoms with E-state index in [1.807, 2.05) is 6.07 Å². The highest BCUT2D eigenvalue weighted by Gasteiger charge is 2.09. The first-order chi connectivity index (χ1) is 8.60. The maximum Gasteiger partial charge on any atom is 0.165 e. The Bertz CT molecular complexity index is 571. The molecule has 0 fully saturated rings. The summed E-state index contributed by atoms with van der Waals surface area (Å²) in [5, 5.41) is 0.574. The van der Waals surface area contributed by atoms with Gasteiger partial charge in [-0.25, -0.2) is 10.8 Å². The molecule has 7 N–H and O–H groups in total. The van der Waals surface area contributed by atoms with Gasteiger partial charge in [0.2, 0.25) is 0 Å². The lowest BCUT2D eigenvalue weighted by atomic mass is 10.1. The van der Waals surface area contributed by atoms with E-state index in [0.29, 0.717) is 28.8 Å². The topological polar surface area (TPSA) is 116 Å². The van der Waals surface area contributed by atoms with Crippen LogP contribution in [0.2, 0.25) is 5.02 Å². The fourth-order valence-electron chi connectivity index (χ4n) is 1.66. The minimum atomic E-state index is 0.349. The fourth-order valence-corrected chi connectivity index (χ4v) is 1.86. The van der Waals surface area contributed by atoms with Crippen molar-refractivity contribution in [3.63, 3.8) is 0 Å². The molecule has 2 aromatic rings. The first kappa shape index (κ1) is 12.4. The molecular formula is C11H13ClN6. The average molecular weight is 265 g/mol. The largest absolute Gasteiger partial charge is 0.395 e. The van der Waals surface area contributed by atoms with Crippen LogP contribution in [0.25, 0.3) is 0 Å². The number of nitrogen functional groups attached to an aromatic ring is 3. The summed E-state index contributed by atoms with van der Waals surface area (Å²) in [6.45, 7) is 0. The minimum Gasteiger partial charge on any atom is -0.395 e. The SMILES string of the molecule is NNc1nc(N)cc(Cc2cncc(Cl)c2)c1N. The Morgan fingerprint density at radius 1 is 1.22 bits per heavy atom. The summed E-state index contributed by atoms with van der Waals surface area (Å²) in [4.78, 5) is 8.00. The summed E-state index contributed by atoms with van der Waals surface area (Å²) in [5.74, 6) is 6.03. The van der Waals surface area contributed by atoms with Gasteiger partial charge >= 0.3 is 0 Å². The van der Waals surface area contributed by atoms with Gasteiger partial charge in [-0.1, -0.05) is 11.6 Å². The molecule has 0 aromatic carbocycles. The molecule has 0 aliphatic rings. The summed E-state index contributed by atoms with van der Waals surface area (Å²) in [7, 11) is 0. The third kappa shape index (κ3) is 2.61. The zero-order valence-electron chi connectivity index (χ0n) is 9.52. The molecule has 0 radical (unpaired) electrons. The molecule has 2 aromatic heterocycles. The number of nitrogens with one attached hydrogen (secondary N) is 1. The van der Waals surface area contributed by atoms with Gasteiger partial charge in [-0.3, -0.25) is 4.98 Å². The standard InChI is InChI=1S/C11H13ClN6/c12-8-2-6(4-16-5-8)1-7-3-9(13)17-11(18-15)10(7)14/h2-5H,1,14-15H2,(H3,13,17,18). The van der Waals surface area contributed by atoms with E-state index in [0.717, 1.165) is 11.1 Å². The highest BCUT2D eigenvalue weighted by molar-refractivity contribution is 6.30. The van der Waals surface area contributed by atoms with Crippen LogP contribution in [0.15, 0.2) is 24.5 Å². The summed E-state index contributed by atoms with van der Waals surface area (Å²) >= 11 is 5.88. The molecule has 0 spiro atoms. The van der Waals surface area contributed by atoms with Crippen LogP contribution in [-0.2, 0) is 6.42 Å². The number of halogens is 1. The lowest BCUT2D eigenvalue weighted by molar-refractivity contribution is 1.13. The zero-order chi connectivity index (χ0) is 13.1. The Morgan fingerprint density at radius 2 is 2.00 bits per heavy atom. The smallest absolute Gasteiger partial charge is 0.165 e. The van der Waals surface area contributed by atoms with Crippen molar-refractivity contribution in [2.45, 2.75) is 6.42 Å². The molecule has 0 atom stereocenters. The predicted octanol–water partition coefficient (Wildman–Crippen LogP) is 1.17. The van der Waals surface area contributed by atoms with Gasteiger partial charge in [0.05, 0.1) is 10.7 Å². The Hall–Kier alpha value is -2.05. The Labute approximate surface area is 109 Å². The van der Waals surface area contributed by atoms with E-state index in [2.05, 4.69) is 15.4 Å². The molecule has 94 valence electrons. The second-order valence-electron chi connectivity index (χ2n) is 3.80. The highest BCUT2D eigenvalue weighted by Crippen LogP contribution is 2.25. The van der Waals surface area contributed by atoms with Crippen LogP contribution in [0.4, 0.5) is 17.3 Å². The van der Waals surface area contributed by atoms with Crippen molar-refractivity contribution in [1.29, 1.82) is 0 Å². The fraction of sp³-hybridized carbons (Fsp3) is 0.0909. The lowest BCUT2D eigenvalue weighted by Gasteiger charge is -2.11. The van der Waals surface area contributed by atoms with E-state index in [-0.39, 0.29) is 0 Å². The molecule has 6 nitrogen and oxygen atoms in total. The van der Waals surface area contributed by atoms with Crippen molar-refractivity contribution in [2.75, 3.05) is 16.9 Å². The predicted molar refractivity (Wildman–Crippen MR) is 72.9 cm³/mol. The summed E-state index contributed by atoms with van der Waals surface area (Å²) in [5.41, 5.74) is 16.3. The minimum absolute atomic E-state index is 0.349. The first-order valence-electron chi connectivity index (χ1n) is 5.21. The number of anilines is 3. The van der Waals surface area contributed by atoms with E-state index in [9.17, 15) is 0 Å². The van der Waals surface area contributed by atoms with Gasteiger partial charge < -0.3 is 16.9 Å². The molecule has 0 aliphatic heterocycles. The van der Waals surface area contributed by atoms with Gasteiger partial charge in [-0.05, 0) is 23.3 Å². The van der Waals surface area contributed by atoms with Crippen LogP contribution in [0.1, 0.15) is 11.1 Å². The van der Waals surface area contributed by atoms with Gasteiger partial charge in [0, 0.05) is 18.8 Å². The number of hydrogen-bond acceptors (Lipinski definition) is 6. The molecular weight excluding hydrogens is 252 g/mol. The Balaban J connectivity index is 2.37. The maximum absolute atomic E-state index is 5.93. The summed E-state index contributed by atoms with van der Waals surface area (Å²) in [6, 6.07) is 3.53.